The first-order chi connectivity index (χ1) is 12.8. The molecule has 2 heterocycles. The minimum absolute atomic E-state index is 0.0672. The van der Waals surface area contributed by atoms with E-state index in [-0.39, 0.29) is 17.4 Å². The predicted molar refractivity (Wildman–Crippen MR) is 107 cm³/mol. The van der Waals surface area contributed by atoms with Gasteiger partial charge >= 0.3 is 0 Å². The van der Waals surface area contributed by atoms with Crippen molar-refractivity contribution in [1.82, 2.24) is 20.0 Å². The number of piperidine rings is 1. The van der Waals surface area contributed by atoms with Gasteiger partial charge in [-0.3, -0.25) is 19.4 Å². The molecule has 27 heavy (non-hydrogen) atoms. The first-order valence-corrected chi connectivity index (χ1v) is 10.8. The fraction of sp³-hybridized carbons (Fsp3) is 0.905. The summed E-state index contributed by atoms with van der Waals surface area (Å²) in [7, 11) is 0. The molecule has 6 nitrogen and oxygen atoms in total. The number of hydrogen-bond donors (Lipinski definition) is 1. The molecule has 0 radical (unpaired) electrons. The van der Waals surface area contributed by atoms with E-state index in [0.29, 0.717) is 13.1 Å². The Morgan fingerprint density at radius 2 is 1.52 bits per heavy atom. The number of likely N-dealkylation sites (tertiary alicyclic amines) is 1. The van der Waals surface area contributed by atoms with Crippen molar-refractivity contribution >= 4 is 11.8 Å². The molecule has 0 aromatic heterocycles. The van der Waals surface area contributed by atoms with E-state index in [0.717, 1.165) is 51.1 Å². The summed E-state index contributed by atoms with van der Waals surface area (Å²) in [4.78, 5) is 31.3. The Hall–Kier alpha value is -1.14. The van der Waals surface area contributed by atoms with Gasteiger partial charge in [0, 0.05) is 38.3 Å². The Labute approximate surface area is 164 Å². The molecule has 3 aliphatic rings. The molecule has 0 bridgehead atoms. The van der Waals surface area contributed by atoms with Crippen LogP contribution in [0.1, 0.15) is 52.9 Å². The molecule has 1 saturated carbocycles. The van der Waals surface area contributed by atoms with E-state index >= 15 is 0 Å². The van der Waals surface area contributed by atoms with E-state index in [9.17, 15) is 9.59 Å². The van der Waals surface area contributed by atoms with Crippen molar-refractivity contribution in [2.45, 2.75) is 58.4 Å². The van der Waals surface area contributed by atoms with E-state index in [1.165, 1.54) is 32.1 Å². The number of piperazine rings is 1. The molecule has 154 valence electrons. The van der Waals surface area contributed by atoms with Gasteiger partial charge in [0.25, 0.3) is 0 Å². The van der Waals surface area contributed by atoms with Crippen molar-refractivity contribution in [2.24, 2.45) is 11.8 Å². The molecule has 2 amide bonds. The van der Waals surface area contributed by atoms with Crippen LogP contribution in [0.2, 0.25) is 0 Å². The number of hydrogen-bond acceptors (Lipinski definition) is 4. The summed E-state index contributed by atoms with van der Waals surface area (Å²) in [6.07, 6.45) is 6.79. The van der Waals surface area contributed by atoms with Crippen LogP contribution in [-0.2, 0) is 9.59 Å². The van der Waals surface area contributed by atoms with Gasteiger partial charge in [-0.2, -0.15) is 0 Å². The number of carbonyl (C=O) groups is 2. The first-order valence-electron chi connectivity index (χ1n) is 10.8. The second-order valence-corrected chi connectivity index (χ2v) is 9.78. The minimum atomic E-state index is -0.194. The van der Waals surface area contributed by atoms with E-state index in [1.54, 1.807) is 0 Å². The summed E-state index contributed by atoms with van der Waals surface area (Å²) in [6, 6.07) is 0. The number of nitrogens with zero attached hydrogens (tertiary/aromatic N) is 3. The summed E-state index contributed by atoms with van der Waals surface area (Å²) in [5, 5.41) is 3.01. The summed E-state index contributed by atoms with van der Waals surface area (Å²) >= 11 is 0. The fourth-order valence-electron chi connectivity index (χ4n) is 4.93. The molecule has 0 unspecified atom stereocenters. The number of nitrogens with one attached hydrogen (secondary N) is 1. The minimum Gasteiger partial charge on any atom is -0.350 e. The van der Waals surface area contributed by atoms with Crippen LogP contribution >= 0.6 is 0 Å². The van der Waals surface area contributed by atoms with Crippen LogP contribution in [0.25, 0.3) is 0 Å². The molecule has 0 aromatic carbocycles. The predicted octanol–water partition coefficient (Wildman–Crippen LogP) is 1.56. The smallest absolute Gasteiger partial charge is 0.236 e. The zero-order valence-electron chi connectivity index (χ0n) is 17.5. The lowest BCUT2D eigenvalue weighted by Gasteiger charge is -2.42. The Bertz CT molecular complexity index is 523. The van der Waals surface area contributed by atoms with Crippen LogP contribution in [-0.4, -0.2) is 84.4 Å². The van der Waals surface area contributed by atoms with Crippen molar-refractivity contribution in [3.05, 3.63) is 0 Å². The lowest BCUT2D eigenvalue weighted by Crippen LogP contribution is -2.54. The van der Waals surface area contributed by atoms with Crippen LogP contribution in [0, 0.1) is 11.8 Å². The zero-order chi connectivity index (χ0) is 19.4. The van der Waals surface area contributed by atoms with Gasteiger partial charge in [0.1, 0.15) is 0 Å². The highest BCUT2D eigenvalue weighted by Crippen LogP contribution is 2.35. The quantitative estimate of drug-likeness (QED) is 0.807. The maximum atomic E-state index is 12.7. The Kier molecular flexibility index (Phi) is 6.79. The lowest BCUT2D eigenvalue weighted by atomic mass is 9.75. The van der Waals surface area contributed by atoms with Gasteiger partial charge in [0.2, 0.25) is 11.8 Å². The second-order valence-electron chi connectivity index (χ2n) is 9.78. The van der Waals surface area contributed by atoms with Crippen LogP contribution in [0.3, 0.4) is 0 Å². The largest absolute Gasteiger partial charge is 0.350 e. The lowest BCUT2D eigenvalue weighted by molar-refractivity contribution is -0.135. The van der Waals surface area contributed by atoms with E-state index in [4.69, 9.17) is 0 Å². The molecule has 6 heteroatoms. The van der Waals surface area contributed by atoms with Crippen LogP contribution in [0.15, 0.2) is 0 Å². The second kappa shape index (κ2) is 8.91. The number of carbonyl (C=O) groups excluding carboxylic acids is 2. The van der Waals surface area contributed by atoms with Crippen molar-refractivity contribution in [3.8, 4) is 0 Å². The van der Waals surface area contributed by atoms with Gasteiger partial charge < -0.3 is 10.2 Å². The highest BCUT2D eigenvalue weighted by atomic mass is 16.2. The highest BCUT2D eigenvalue weighted by Gasteiger charge is 2.32. The third-order valence-electron chi connectivity index (χ3n) is 6.34. The number of fused-ring (bicyclic) bond motifs is 1. The van der Waals surface area contributed by atoms with Gasteiger partial charge in [0.15, 0.2) is 0 Å². The monoisotopic (exact) mass is 378 g/mol. The normalized spacial score (nSPS) is 27.9. The average Bonchev–Trinajstić information content (AvgIpc) is 2.60. The molecule has 2 aliphatic heterocycles. The third-order valence-corrected chi connectivity index (χ3v) is 6.34. The maximum absolute atomic E-state index is 12.7. The Morgan fingerprint density at radius 3 is 2.19 bits per heavy atom. The molecule has 2 saturated heterocycles. The summed E-state index contributed by atoms with van der Waals surface area (Å²) in [5.74, 6) is 2.06. The van der Waals surface area contributed by atoms with Gasteiger partial charge in [-0.25, -0.2) is 0 Å². The SMILES string of the molecule is CC(C)(C)NC(=O)CN1CCN(C(=O)CN2CC[C@@H]3CCCC[C@@H]3C2)CC1. The van der Waals surface area contributed by atoms with Gasteiger partial charge in [-0.05, 0) is 52.0 Å². The van der Waals surface area contributed by atoms with E-state index in [2.05, 4.69) is 15.1 Å². The van der Waals surface area contributed by atoms with Crippen LogP contribution < -0.4 is 5.32 Å². The standard InChI is InChI=1S/C21H38N4O2/c1-21(2,3)22-19(26)15-23-10-12-25(13-11-23)20(27)16-24-9-8-17-6-4-5-7-18(17)14-24/h17-18H,4-16H2,1-3H3,(H,22,26)/t17-,18+/m0/s1. The summed E-state index contributed by atoms with van der Waals surface area (Å²) in [5.41, 5.74) is -0.194. The fourth-order valence-corrected chi connectivity index (χ4v) is 4.93. The van der Waals surface area contributed by atoms with E-state index < -0.39 is 0 Å². The highest BCUT2D eigenvalue weighted by molar-refractivity contribution is 5.79. The van der Waals surface area contributed by atoms with Crippen molar-refractivity contribution < 1.29 is 9.59 Å². The molecule has 3 rings (SSSR count). The third kappa shape index (κ3) is 6.18. The summed E-state index contributed by atoms with van der Waals surface area (Å²) in [6.45, 7) is 12.2. The first kappa shape index (κ1) is 20.6. The topological polar surface area (TPSA) is 55.9 Å². The zero-order valence-corrected chi connectivity index (χ0v) is 17.5. The maximum Gasteiger partial charge on any atom is 0.236 e. The Balaban J connectivity index is 1.38. The van der Waals surface area contributed by atoms with Gasteiger partial charge in [-0.1, -0.05) is 19.3 Å². The van der Waals surface area contributed by atoms with Crippen LogP contribution in [0.5, 0.6) is 0 Å². The van der Waals surface area contributed by atoms with Gasteiger partial charge in [0.05, 0.1) is 13.1 Å². The van der Waals surface area contributed by atoms with Crippen molar-refractivity contribution in [3.63, 3.8) is 0 Å². The van der Waals surface area contributed by atoms with Crippen LogP contribution in [0.4, 0.5) is 0 Å². The van der Waals surface area contributed by atoms with Crippen molar-refractivity contribution in [1.29, 1.82) is 0 Å². The molecule has 0 spiro atoms. The molecule has 0 aromatic rings. The molecule has 1 aliphatic carbocycles. The molecular weight excluding hydrogens is 340 g/mol. The number of amides is 2. The molecular formula is C21H38N4O2. The number of rotatable bonds is 4. The summed E-state index contributed by atoms with van der Waals surface area (Å²) < 4.78 is 0. The van der Waals surface area contributed by atoms with Gasteiger partial charge in [-0.15, -0.1) is 0 Å². The van der Waals surface area contributed by atoms with Crippen molar-refractivity contribution in [2.75, 3.05) is 52.4 Å². The Morgan fingerprint density at radius 1 is 0.852 bits per heavy atom. The molecule has 1 N–H and O–H groups in total. The molecule has 3 fully saturated rings. The molecule has 2 atom stereocenters. The average molecular weight is 379 g/mol. The van der Waals surface area contributed by atoms with E-state index in [1.807, 2.05) is 25.7 Å².